The number of pyridine rings is 1. The number of ether oxygens (including phenoxy) is 1. The Labute approximate surface area is 141 Å². The zero-order valence-electron chi connectivity index (χ0n) is 12.1. The summed E-state index contributed by atoms with van der Waals surface area (Å²) >= 11 is 5.85. The highest BCUT2D eigenvalue weighted by Gasteiger charge is 2.17. The summed E-state index contributed by atoms with van der Waals surface area (Å²) in [4.78, 5) is 26.6. The largest absolute Gasteiger partial charge is 0.417 e. The van der Waals surface area contributed by atoms with Crippen molar-refractivity contribution in [2.45, 2.75) is 0 Å². The summed E-state index contributed by atoms with van der Waals surface area (Å²) in [5.74, 6) is 0.121. The fourth-order valence-electron chi connectivity index (χ4n) is 2.18. The van der Waals surface area contributed by atoms with E-state index in [0.717, 1.165) is 0 Å². The first-order valence-corrected chi connectivity index (χ1v) is 7.19. The topological polar surface area (TPSA) is 94.4 Å². The number of halogens is 1. The van der Waals surface area contributed by atoms with Crippen LogP contribution in [0.25, 0.3) is 10.9 Å². The predicted molar refractivity (Wildman–Crippen MR) is 89.5 cm³/mol. The van der Waals surface area contributed by atoms with Crippen LogP contribution in [-0.2, 0) is 0 Å². The van der Waals surface area contributed by atoms with E-state index < -0.39 is 11.0 Å². The zero-order valence-corrected chi connectivity index (χ0v) is 12.9. The summed E-state index contributed by atoms with van der Waals surface area (Å²) in [6.07, 6.45) is 0.714. The van der Waals surface area contributed by atoms with Crippen LogP contribution in [0.1, 0.15) is 0 Å². The lowest BCUT2D eigenvalue weighted by Gasteiger charge is -2.09. The Morgan fingerprint density at radius 3 is 2.79 bits per heavy atom. The van der Waals surface area contributed by atoms with Crippen LogP contribution < -0.4 is 10.1 Å². The predicted octanol–water partition coefficient (Wildman–Crippen LogP) is 4.41. The third-order valence-corrected chi connectivity index (χ3v) is 3.42. The third kappa shape index (κ3) is 3.26. The lowest BCUT2D eigenvalue weighted by molar-refractivity contribution is -0.383. The molecule has 0 radical (unpaired) electrons. The van der Waals surface area contributed by atoms with E-state index in [4.69, 9.17) is 16.3 Å². The van der Waals surface area contributed by atoms with Gasteiger partial charge in [0.05, 0.1) is 10.3 Å². The summed E-state index contributed by atoms with van der Waals surface area (Å²) in [5.41, 5.74) is 0.584. The minimum absolute atomic E-state index is 0.110. The van der Waals surface area contributed by atoms with Crippen LogP contribution in [0.3, 0.4) is 0 Å². The van der Waals surface area contributed by atoms with E-state index in [0.29, 0.717) is 10.7 Å². The van der Waals surface area contributed by atoms with Gasteiger partial charge in [0, 0.05) is 23.0 Å². The quantitative estimate of drug-likeness (QED) is 0.561. The van der Waals surface area contributed by atoms with Gasteiger partial charge in [0.2, 0.25) is 0 Å². The lowest BCUT2D eigenvalue weighted by Crippen LogP contribution is -2.17. The zero-order chi connectivity index (χ0) is 17.1. The van der Waals surface area contributed by atoms with Crippen LogP contribution >= 0.6 is 11.6 Å². The molecule has 0 atom stereocenters. The second kappa shape index (κ2) is 6.51. The first kappa shape index (κ1) is 15.7. The Hall–Kier alpha value is -3.19. The van der Waals surface area contributed by atoms with Crippen molar-refractivity contribution in [3.05, 3.63) is 69.9 Å². The normalized spacial score (nSPS) is 10.4. The van der Waals surface area contributed by atoms with E-state index in [1.54, 1.807) is 36.4 Å². The van der Waals surface area contributed by atoms with Crippen molar-refractivity contribution in [3.8, 4) is 5.75 Å². The van der Waals surface area contributed by atoms with E-state index in [9.17, 15) is 14.9 Å². The number of carbonyl (C=O) groups is 1. The van der Waals surface area contributed by atoms with Crippen molar-refractivity contribution < 1.29 is 14.5 Å². The van der Waals surface area contributed by atoms with Gasteiger partial charge in [0.15, 0.2) is 5.75 Å². The van der Waals surface area contributed by atoms with Crippen molar-refractivity contribution in [2.24, 2.45) is 0 Å². The van der Waals surface area contributed by atoms with Crippen molar-refractivity contribution in [1.29, 1.82) is 0 Å². The molecule has 120 valence electrons. The van der Waals surface area contributed by atoms with Gasteiger partial charge in [-0.3, -0.25) is 20.4 Å². The highest BCUT2D eigenvalue weighted by Crippen LogP contribution is 2.31. The van der Waals surface area contributed by atoms with Crippen molar-refractivity contribution >= 4 is 40.0 Å². The smallest absolute Gasteiger partial charge is 0.408 e. The molecule has 0 unspecified atom stereocenters. The number of nitro benzene ring substituents is 1. The van der Waals surface area contributed by atoms with Gasteiger partial charge in [-0.05, 0) is 36.4 Å². The number of fused-ring (bicyclic) bond motifs is 1. The third-order valence-electron chi connectivity index (χ3n) is 3.18. The van der Waals surface area contributed by atoms with Gasteiger partial charge in [-0.2, -0.15) is 0 Å². The molecule has 0 spiro atoms. The molecule has 0 aliphatic heterocycles. The molecule has 0 aliphatic carbocycles. The molecule has 0 fully saturated rings. The standard InChI is InChI=1S/C16H10ClN3O4/c17-10-3-1-4-11(9-10)19-16(21)24-14-7-6-13(20(22)23)12-5-2-8-18-15(12)14/h1-9H,(H,19,21). The monoisotopic (exact) mass is 343 g/mol. The van der Waals surface area contributed by atoms with Crippen molar-refractivity contribution in [3.63, 3.8) is 0 Å². The molecule has 7 nitrogen and oxygen atoms in total. The average Bonchev–Trinajstić information content (AvgIpc) is 2.54. The number of hydrogen-bond acceptors (Lipinski definition) is 5. The second-order valence-corrected chi connectivity index (χ2v) is 5.20. The van der Waals surface area contributed by atoms with Gasteiger partial charge in [0.25, 0.3) is 5.69 Å². The van der Waals surface area contributed by atoms with E-state index >= 15 is 0 Å². The van der Waals surface area contributed by atoms with Crippen LogP contribution in [0.4, 0.5) is 16.2 Å². The SMILES string of the molecule is O=C(Nc1cccc(Cl)c1)Oc1ccc([N+](=O)[O-])c2cccnc12. The minimum atomic E-state index is -0.752. The summed E-state index contributed by atoms with van der Waals surface area (Å²) < 4.78 is 5.23. The van der Waals surface area contributed by atoms with Gasteiger partial charge < -0.3 is 4.74 Å². The number of benzene rings is 2. The van der Waals surface area contributed by atoms with E-state index in [1.807, 2.05) is 0 Å². The van der Waals surface area contributed by atoms with E-state index in [-0.39, 0.29) is 22.3 Å². The number of nitrogens with zero attached hydrogens (tertiary/aromatic N) is 2. The number of nitrogens with one attached hydrogen (secondary N) is 1. The highest BCUT2D eigenvalue weighted by atomic mass is 35.5. The Balaban J connectivity index is 1.89. The lowest BCUT2D eigenvalue weighted by atomic mass is 10.1. The molecular formula is C16H10ClN3O4. The number of anilines is 1. The second-order valence-electron chi connectivity index (χ2n) is 4.76. The molecule has 0 saturated heterocycles. The molecule has 3 aromatic rings. The van der Waals surface area contributed by atoms with Gasteiger partial charge >= 0.3 is 6.09 Å². The summed E-state index contributed by atoms with van der Waals surface area (Å²) in [6, 6.07) is 12.3. The number of rotatable bonds is 3. The van der Waals surface area contributed by atoms with Crippen molar-refractivity contribution in [1.82, 2.24) is 4.98 Å². The van der Waals surface area contributed by atoms with Gasteiger partial charge in [-0.25, -0.2) is 4.79 Å². The molecule has 8 heteroatoms. The Kier molecular flexibility index (Phi) is 4.26. The van der Waals surface area contributed by atoms with Crippen LogP contribution in [0, 0.1) is 10.1 Å². The van der Waals surface area contributed by atoms with Gasteiger partial charge in [-0.1, -0.05) is 17.7 Å². The number of amides is 1. The first-order valence-electron chi connectivity index (χ1n) is 6.81. The fourth-order valence-corrected chi connectivity index (χ4v) is 2.37. The van der Waals surface area contributed by atoms with Crippen LogP contribution in [0.5, 0.6) is 5.75 Å². The number of non-ortho nitro benzene ring substituents is 1. The molecule has 2 aromatic carbocycles. The van der Waals surface area contributed by atoms with Crippen LogP contribution in [-0.4, -0.2) is 16.0 Å². The van der Waals surface area contributed by atoms with Crippen molar-refractivity contribution in [2.75, 3.05) is 5.32 Å². The molecule has 1 heterocycles. The Bertz CT molecular complexity index is 946. The number of hydrogen-bond donors (Lipinski definition) is 1. The Morgan fingerprint density at radius 2 is 2.04 bits per heavy atom. The maximum absolute atomic E-state index is 12.0. The van der Waals surface area contributed by atoms with Crippen LogP contribution in [0.2, 0.25) is 5.02 Å². The van der Waals surface area contributed by atoms with Gasteiger partial charge in [-0.15, -0.1) is 0 Å². The van der Waals surface area contributed by atoms with E-state index in [1.165, 1.54) is 18.3 Å². The molecule has 3 rings (SSSR count). The summed E-state index contributed by atoms with van der Waals surface area (Å²) in [7, 11) is 0. The number of nitro groups is 1. The van der Waals surface area contributed by atoms with E-state index in [2.05, 4.69) is 10.3 Å². The average molecular weight is 344 g/mol. The first-order chi connectivity index (χ1) is 11.5. The maximum atomic E-state index is 12.0. The summed E-state index contributed by atoms with van der Waals surface area (Å²) in [6.45, 7) is 0. The molecule has 24 heavy (non-hydrogen) atoms. The number of carbonyl (C=O) groups excluding carboxylic acids is 1. The molecule has 1 amide bonds. The fraction of sp³-hybridized carbons (Fsp3) is 0. The molecular weight excluding hydrogens is 334 g/mol. The Morgan fingerprint density at radius 1 is 1.21 bits per heavy atom. The minimum Gasteiger partial charge on any atom is -0.408 e. The summed E-state index contributed by atoms with van der Waals surface area (Å²) in [5, 5.41) is 14.3. The highest BCUT2D eigenvalue weighted by molar-refractivity contribution is 6.30. The molecule has 1 N–H and O–H groups in total. The van der Waals surface area contributed by atoms with Crippen LogP contribution in [0.15, 0.2) is 54.7 Å². The molecule has 0 saturated carbocycles. The molecule has 0 aliphatic rings. The number of aromatic nitrogens is 1. The van der Waals surface area contributed by atoms with Gasteiger partial charge in [0.1, 0.15) is 5.52 Å². The molecule has 0 bridgehead atoms. The maximum Gasteiger partial charge on any atom is 0.417 e. The molecule has 1 aromatic heterocycles.